The first-order valence-corrected chi connectivity index (χ1v) is 11.4. The molecule has 0 spiro atoms. The molecular weight excluding hydrogens is 358 g/mol. The Labute approximate surface area is 177 Å². The molecule has 1 aromatic carbocycles. The fourth-order valence-electron chi connectivity index (χ4n) is 5.41. The number of hydrogen-bond acceptors (Lipinski definition) is 2. The molecule has 0 saturated heterocycles. The van der Waals surface area contributed by atoms with E-state index in [9.17, 15) is 4.79 Å². The molecule has 0 heterocycles. The Kier molecular flexibility index (Phi) is 6.17. The van der Waals surface area contributed by atoms with Crippen LogP contribution in [-0.4, -0.2) is 17.6 Å². The lowest BCUT2D eigenvalue weighted by Crippen LogP contribution is -2.29. The first-order valence-electron chi connectivity index (χ1n) is 11.4. The van der Waals surface area contributed by atoms with Crippen molar-refractivity contribution >= 4 is 11.7 Å². The summed E-state index contributed by atoms with van der Waals surface area (Å²) in [6.45, 7) is 13.0. The molecule has 2 aliphatic carbocycles. The van der Waals surface area contributed by atoms with Crippen molar-refractivity contribution in [2.24, 2.45) is 16.2 Å². The molecule has 3 heteroatoms. The van der Waals surface area contributed by atoms with Gasteiger partial charge in [0.25, 0.3) is 0 Å². The first kappa shape index (κ1) is 21.9. The fraction of sp³-hybridized carbons (Fsp3) is 0.654. The van der Waals surface area contributed by atoms with Crippen LogP contribution in [0.4, 0.5) is 5.69 Å². The standard InChI is InChI=1S/C26H39NO2/c1-6-7-8-13-26(18-27-20-11-9-19(10-12-20)23(28)29)16-21-22(17-26)25(4,5)15-14-24(21,2)3/h9-12,27H,6-8,13-18H2,1-5H3,(H,28,29). The zero-order chi connectivity index (χ0) is 21.3. The number of anilines is 1. The normalized spacial score (nSPS) is 21.7. The van der Waals surface area contributed by atoms with E-state index in [2.05, 4.69) is 39.9 Å². The Morgan fingerprint density at radius 1 is 0.966 bits per heavy atom. The van der Waals surface area contributed by atoms with Crippen molar-refractivity contribution < 1.29 is 9.90 Å². The smallest absolute Gasteiger partial charge is 0.335 e. The lowest BCUT2D eigenvalue weighted by molar-refractivity contribution is 0.0697. The Hall–Kier alpha value is -1.77. The quantitative estimate of drug-likeness (QED) is 0.357. The van der Waals surface area contributed by atoms with E-state index in [0.29, 0.717) is 16.4 Å². The highest BCUT2D eigenvalue weighted by Gasteiger charge is 2.49. The number of aromatic carboxylic acids is 1. The molecule has 2 aliphatic rings. The van der Waals surface area contributed by atoms with Crippen molar-refractivity contribution in [2.45, 2.75) is 86.0 Å². The van der Waals surface area contributed by atoms with E-state index >= 15 is 0 Å². The molecule has 29 heavy (non-hydrogen) atoms. The average Bonchev–Trinajstić information content (AvgIpc) is 3.07. The minimum atomic E-state index is -0.871. The fourth-order valence-corrected chi connectivity index (χ4v) is 5.41. The number of carboxylic acid groups (broad SMARTS) is 1. The Morgan fingerprint density at radius 3 is 2.00 bits per heavy atom. The molecule has 0 unspecified atom stereocenters. The molecule has 160 valence electrons. The number of nitrogens with one attached hydrogen (secondary N) is 1. The molecule has 0 aliphatic heterocycles. The van der Waals surface area contributed by atoms with Gasteiger partial charge in [0.15, 0.2) is 0 Å². The summed E-state index contributed by atoms with van der Waals surface area (Å²) in [5, 5.41) is 12.8. The second kappa shape index (κ2) is 8.16. The van der Waals surface area contributed by atoms with Gasteiger partial charge in [0.2, 0.25) is 0 Å². The van der Waals surface area contributed by atoms with E-state index in [0.717, 1.165) is 12.2 Å². The Bertz CT molecular complexity index is 742. The van der Waals surface area contributed by atoms with Crippen molar-refractivity contribution in [1.82, 2.24) is 0 Å². The van der Waals surface area contributed by atoms with Crippen molar-refractivity contribution in [3.05, 3.63) is 41.0 Å². The van der Waals surface area contributed by atoms with Gasteiger partial charge >= 0.3 is 5.97 Å². The van der Waals surface area contributed by atoms with E-state index in [1.165, 1.54) is 51.4 Å². The van der Waals surface area contributed by atoms with E-state index in [1.807, 2.05) is 12.1 Å². The number of allylic oxidation sites excluding steroid dienone is 2. The third-order valence-corrected chi connectivity index (χ3v) is 7.59. The molecule has 0 aromatic heterocycles. The molecule has 0 saturated carbocycles. The molecule has 0 radical (unpaired) electrons. The lowest BCUT2D eigenvalue weighted by atomic mass is 9.64. The summed E-state index contributed by atoms with van der Waals surface area (Å²) in [7, 11) is 0. The molecule has 3 nitrogen and oxygen atoms in total. The molecule has 2 N–H and O–H groups in total. The van der Waals surface area contributed by atoms with Crippen molar-refractivity contribution in [3.8, 4) is 0 Å². The van der Waals surface area contributed by atoms with Crippen molar-refractivity contribution in [2.75, 3.05) is 11.9 Å². The topological polar surface area (TPSA) is 49.3 Å². The van der Waals surface area contributed by atoms with Gasteiger partial charge in [-0.15, -0.1) is 0 Å². The third kappa shape index (κ3) is 4.70. The zero-order valence-electron chi connectivity index (χ0n) is 19.0. The van der Waals surface area contributed by atoms with Crippen LogP contribution < -0.4 is 5.32 Å². The highest BCUT2D eigenvalue weighted by Crippen LogP contribution is 2.60. The Balaban J connectivity index is 1.79. The second-order valence-electron chi connectivity index (χ2n) is 10.8. The molecule has 0 bridgehead atoms. The number of hydrogen-bond donors (Lipinski definition) is 2. The largest absolute Gasteiger partial charge is 0.478 e. The highest BCUT2D eigenvalue weighted by molar-refractivity contribution is 5.88. The molecule has 0 atom stereocenters. The summed E-state index contributed by atoms with van der Waals surface area (Å²) in [6.07, 6.45) is 10.1. The average molecular weight is 398 g/mol. The molecule has 0 fully saturated rings. The highest BCUT2D eigenvalue weighted by atomic mass is 16.4. The van der Waals surface area contributed by atoms with Gasteiger partial charge in [0, 0.05) is 12.2 Å². The summed E-state index contributed by atoms with van der Waals surface area (Å²) in [6, 6.07) is 7.19. The van der Waals surface area contributed by atoms with Crippen LogP contribution in [-0.2, 0) is 0 Å². The van der Waals surface area contributed by atoms with Crippen molar-refractivity contribution in [1.29, 1.82) is 0 Å². The van der Waals surface area contributed by atoms with Crippen LogP contribution in [0.15, 0.2) is 35.4 Å². The van der Waals surface area contributed by atoms with Crippen LogP contribution in [0, 0.1) is 16.2 Å². The van der Waals surface area contributed by atoms with Gasteiger partial charge in [-0.2, -0.15) is 0 Å². The summed E-state index contributed by atoms with van der Waals surface area (Å²) >= 11 is 0. The first-order chi connectivity index (χ1) is 13.6. The van der Waals surface area contributed by atoms with E-state index in [-0.39, 0.29) is 5.41 Å². The maximum absolute atomic E-state index is 11.1. The number of unbranched alkanes of at least 4 members (excludes halogenated alkanes) is 2. The summed E-state index contributed by atoms with van der Waals surface area (Å²) < 4.78 is 0. The van der Waals surface area contributed by atoms with Gasteiger partial charge in [-0.05, 0) is 72.6 Å². The maximum atomic E-state index is 11.1. The number of carboxylic acids is 1. The van der Waals surface area contributed by atoms with E-state index in [1.54, 1.807) is 23.3 Å². The predicted octanol–water partition coefficient (Wildman–Crippen LogP) is 7.30. The second-order valence-corrected chi connectivity index (χ2v) is 10.8. The molecular formula is C26H39NO2. The number of benzene rings is 1. The van der Waals surface area contributed by atoms with Crippen LogP contribution in [0.25, 0.3) is 0 Å². The summed E-state index contributed by atoms with van der Waals surface area (Å²) in [4.78, 5) is 11.1. The zero-order valence-corrected chi connectivity index (χ0v) is 19.0. The van der Waals surface area contributed by atoms with Crippen LogP contribution in [0.2, 0.25) is 0 Å². The van der Waals surface area contributed by atoms with Gasteiger partial charge in [-0.25, -0.2) is 4.79 Å². The maximum Gasteiger partial charge on any atom is 0.335 e. The number of carbonyl (C=O) groups is 1. The van der Waals surface area contributed by atoms with Crippen molar-refractivity contribution in [3.63, 3.8) is 0 Å². The van der Waals surface area contributed by atoms with Crippen LogP contribution in [0.1, 0.15) is 96.3 Å². The monoisotopic (exact) mass is 397 g/mol. The molecule has 1 aromatic rings. The minimum absolute atomic E-state index is 0.282. The van der Waals surface area contributed by atoms with E-state index in [4.69, 9.17) is 5.11 Å². The predicted molar refractivity (Wildman–Crippen MR) is 122 cm³/mol. The van der Waals surface area contributed by atoms with E-state index < -0.39 is 5.97 Å². The van der Waals surface area contributed by atoms with Crippen LogP contribution >= 0.6 is 0 Å². The van der Waals surface area contributed by atoms with Crippen LogP contribution in [0.5, 0.6) is 0 Å². The SMILES string of the molecule is CCCCCC1(CNc2ccc(C(=O)O)cc2)CC2=C(C1)C(C)(C)CCC2(C)C. The summed E-state index contributed by atoms with van der Waals surface area (Å²) in [5.41, 5.74) is 5.75. The van der Waals surface area contributed by atoms with Gasteiger partial charge in [0.05, 0.1) is 5.56 Å². The molecule has 0 amide bonds. The van der Waals surface area contributed by atoms with Gasteiger partial charge in [-0.3, -0.25) is 0 Å². The summed E-state index contributed by atoms with van der Waals surface area (Å²) in [5.74, 6) is -0.871. The molecule has 3 rings (SSSR count). The van der Waals surface area contributed by atoms with Gasteiger partial charge in [0.1, 0.15) is 0 Å². The number of rotatable bonds is 8. The van der Waals surface area contributed by atoms with Gasteiger partial charge < -0.3 is 10.4 Å². The van der Waals surface area contributed by atoms with Gasteiger partial charge in [-0.1, -0.05) is 65.0 Å². The lowest BCUT2D eigenvalue weighted by Gasteiger charge is -2.41. The Morgan fingerprint density at radius 2 is 1.52 bits per heavy atom. The minimum Gasteiger partial charge on any atom is -0.478 e. The van der Waals surface area contributed by atoms with Crippen LogP contribution in [0.3, 0.4) is 0 Å². The third-order valence-electron chi connectivity index (χ3n) is 7.59.